The van der Waals surface area contributed by atoms with Crippen LogP contribution in [0.25, 0.3) is 0 Å². The van der Waals surface area contributed by atoms with E-state index < -0.39 is 4.92 Å². The molecule has 0 spiro atoms. The molecular weight excluding hydrogens is 260 g/mol. The third-order valence-corrected chi connectivity index (χ3v) is 3.32. The van der Waals surface area contributed by atoms with Crippen molar-refractivity contribution in [2.24, 2.45) is 0 Å². The van der Waals surface area contributed by atoms with Crippen molar-refractivity contribution in [2.75, 3.05) is 18.5 Å². The standard InChI is InChI=1S/C14H20N2O4/c1-3-19-11-6-7-13(14(8-11)16(17)18)15-9-12-5-4-10(2)20-12/h6-8,10,12,15H,3-5,9H2,1-2H3. The molecule has 0 aromatic heterocycles. The molecule has 2 atom stereocenters. The third kappa shape index (κ3) is 3.60. The summed E-state index contributed by atoms with van der Waals surface area (Å²) in [4.78, 5) is 10.7. The molecule has 20 heavy (non-hydrogen) atoms. The van der Waals surface area contributed by atoms with Gasteiger partial charge in [0.15, 0.2) is 0 Å². The van der Waals surface area contributed by atoms with Gasteiger partial charge < -0.3 is 14.8 Å². The maximum absolute atomic E-state index is 11.1. The van der Waals surface area contributed by atoms with Crippen molar-refractivity contribution in [2.45, 2.75) is 38.9 Å². The minimum absolute atomic E-state index is 0.0296. The smallest absolute Gasteiger partial charge is 0.296 e. The Hall–Kier alpha value is -1.82. The van der Waals surface area contributed by atoms with Crippen LogP contribution in [0, 0.1) is 10.1 Å². The minimum atomic E-state index is -0.400. The van der Waals surface area contributed by atoms with Crippen LogP contribution in [0.3, 0.4) is 0 Å². The molecule has 1 saturated heterocycles. The first-order valence-electron chi connectivity index (χ1n) is 6.90. The second-order valence-corrected chi connectivity index (χ2v) is 4.90. The Bertz CT molecular complexity index is 478. The molecular formula is C14H20N2O4. The number of nitro groups is 1. The summed E-state index contributed by atoms with van der Waals surface area (Å²) in [5.74, 6) is 0.510. The van der Waals surface area contributed by atoms with Crippen molar-refractivity contribution in [1.29, 1.82) is 0 Å². The molecule has 1 aliphatic rings. The lowest BCUT2D eigenvalue weighted by Gasteiger charge is -2.13. The number of nitrogens with zero attached hydrogens (tertiary/aromatic N) is 1. The highest BCUT2D eigenvalue weighted by Gasteiger charge is 2.23. The van der Waals surface area contributed by atoms with E-state index in [1.807, 2.05) is 13.8 Å². The van der Waals surface area contributed by atoms with Gasteiger partial charge in [0.1, 0.15) is 11.4 Å². The summed E-state index contributed by atoms with van der Waals surface area (Å²) in [6, 6.07) is 4.86. The Morgan fingerprint density at radius 3 is 2.90 bits per heavy atom. The number of hydrogen-bond acceptors (Lipinski definition) is 5. The Labute approximate surface area is 118 Å². The van der Waals surface area contributed by atoms with Gasteiger partial charge in [0.2, 0.25) is 0 Å². The highest BCUT2D eigenvalue weighted by molar-refractivity contribution is 5.63. The summed E-state index contributed by atoms with van der Waals surface area (Å²) >= 11 is 0. The molecule has 0 aliphatic carbocycles. The summed E-state index contributed by atoms with van der Waals surface area (Å²) in [7, 11) is 0. The first-order valence-corrected chi connectivity index (χ1v) is 6.90. The fourth-order valence-electron chi connectivity index (χ4n) is 2.33. The molecule has 0 amide bonds. The van der Waals surface area contributed by atoms with Gasteiger partial charge in [-0.05, 0) is 38.8 Å². The van der Waals surface area contributed by atoms with E-state index in [9.17, 15) is 10.1 Å². The van der Waals surface area contributed by atoms with Gasteiger partial charge in [0.25, 0.3) is 5.69 Å². The second-order valence-electron chi connectivity index (χ2n) is 4.90. The Morgan fingerprint density at radius 1 is 1.50 bits per heavy atom. The molecule has 1 aliphatic heterocycles. The lowest BCUT2D eigenvalue weighted by atomic mass is 10.2. The largest absolute Gasteiger partial charge is 0.494 e. The maximum atomic E-state index is 11.1. The van der Waals surface area contributed by atoms with Crippen LogP contribution < -0.4 is 10.1 Å². The topological polar surface area (TPSA) is 73.6 Å². The van der Waals surface area contributed by atoms with Crippen LogP contribution in [0.5, 0.6) is 5.75 Å². The second kappa shape index (κ2) is 6.56. The minimum Gasteiger partial charge on any atom is -0.494 e. The maximum Gasteiger partial charge on any atom is 0.296 e. The number of nitro benzene ring substituents is 1. The van der Waals surface area contributed by atoms with Gasteiger partial charge in [-0.25, -0.2) is 0 Å². The van der Waals surface area contributed by atoms with Gasteiger partial charge in [-0.2, -0.15) is 0 Å². The Morgan fingerprint density at radius 2 is 2.30 bits per heavy atom. The molecule has 0 saturated carbocycles. The van der Waals surface area contributed by atoms with Crippen LogP contribution in [0.1, 0.15) is 26.7 Å². The fraction of sp³-hybridized carbons (Fsp3) is 0.571. The number of ether oxygens (including phenoxy) is 2. The number of nitrogens with one attached hydrogen (secondary N) is 1. The third-order valence-electron chi connectivity index (χ3n) is 3.32. The van der Waals surface area contributed by atoms with Gasteiger partial charge in [0, 0.05) is 6.54 Å². The van der Waals surface area contributed by atoms with E-state index in [1.165, 1.54) is 6.07 Å². The fourth-order valence-corrected chi connectivity index (χ4v) is 2.33. The SMILES string of the molecule is CCOc1ccc(NCC2CCC(C)O2)c([N+](=O)[O-])c1. The number of hydrogen-bond donors (Lipinski definition) is 1. The summed E-state index contributed by atoms with van der Waals surface area (Å²) in [5.41, 5.74) is 0.531. The van der Waals surface area contributed by atoms with E-state index in [0.717, 1.165) is 12.8 Å². The van der Waals surface area contributed by atoms with Crippen molar-refractivity contribution < 1.29 is 14.4 Å². The van der Waals surface area contributed by atoms with Gasteiger partial charge in [-0.3, -0.25) is 10.1 Å². The summed E-state index contributed by atoms with van der Waals surface area (Å²) in [5, 5.41) is 14.2. The van der Waals surface area contributed by atoms with Crippen LogP contribution in [-0.2, 0) is 4.74 Å². The lowest BCUT2D eigenvalue weighted by Crippen LogP contribution is -2.20. The Kier molecular flexibility index (Phi) is 4.79. The van der Waals surface area contributed by atoms with Crippen LogP contribution >= 0.6 is 0 Å². The number of rotatable bonds is 6. The van der Waals surface area contributed by atoms with Crippen molar-refractivity contribution in [3.05, 3.63) is 28.3 Å². The summed E-state index contributed by atoms with van der Waals surface area (Å²) in [6.07, 6.45) is 2.42. The van der Waals surface area contributed by atoms with Gasteiger partial charge in [-0.15, -0.1) is 0 Å². The van der Waals surface area contributed by atoms with Crippen molar-refractivity contribution in [1.82, 2.24) is 0 Å². The van der Waals surface area contributed by atoms with Crippen molar-refractivity contribution in [3.63, 3.8) is 0 Å². The molecule has 1 aromatic carbocycles. The normalized spacial score (nSPS) is 21.7. The average molecular weight is 280 g/mol. The molecule has 1 heterocycles. The van der Waals surface area contributed by atoms with Crippen LogP contribution in [0.4, 0.5) is 11.4 Å². The molecule has 1 aromatic rings. The summed E-state index contributed by atoms with van der Waals surface area (Å²) < 4.78 is 11.0. The molecule has 2 unspecified atom stereocenters. The highest BCUT2D eigenvalue weighted by Crippen LogP contribution is 2.29. The van der Waals surface area contributed by atoms with E-state index in [-0.39, 0.29) is 17.9 Å². The molecule has 6 nitrogen and oxygen atoms in total. The van der Waals surface area contributed by atoms with Crippen LogP contribution in [0.2, 0.25) is 0 Å². The van der Waals surface area contributed by atoms with Gasteiger partial charge in [-0.1, -0.05) is 0 Å². The van der Waals surface area contributed by atoms with Crippen molar-refractivity contribution in [3.8, 4) is 5.75 Å². The first-order chi connectivity index (χ1) is 9.60. The molecule has 1 N–H and O–H groups in total. The predicted molar refractivity (Wildman–Crippen MR) is 76.3 cm³/mol. The molecule has 110 valence electrons. The quantitative estimate of drug-likeness (QED) is 0.640. The van der Waals surface area contributed by atoms with E-state index in [4.69, 9.17) is 9.47 Å². The molecule has 2 rings (SSSR count). The average Bonchev–Trinajstić information content (AvgIpc) is 2.83. The molecule has 0 radical (unpaired) electrons. The van der Waals surface area contributed by atoms with Gasteiger partial charge in [0.05, 0.1) is 29.8 Å². The molecule has 6 heteroatoms. The summed E-state index contributed by atoms with van der Waals surface area (Å²) in [6.45, 7) is 4.95. The van der Waals surface area contributed by atoms with E-state index >= 15 is 0 Å². The Balaban J connectivity index is 2.04. The van der Waals surface area contributed by atoms with E-state index in [2.05, 4.69) is 5.32 Å². The zero-order valence-electron chi connectivity index (χ0n) is 11.8. The molecule has 0 bridgehead atoms. The number of benzene rings is 1. The van der Waals surface area contributed by atoms with E-state index in [1.54, 1.807) is 12.1 Å². The van der Waals surface area contributed by atoms with E-state index in [0.29, 0.717) is 24.6 Å². The van der Waals surface area contributed by atoms with Crippen molar-refractivity contribution >= 4 is 11.4 Å². The highest BCUT2D eigenvalue weighted by atomic mass is 16.6. The number of anilines is 1. The van der Waals surface area contributed by atoms with Crippen LogP contribution in [0.15, 0.2) is 18.2 Å². The lowest BCUT2D eigenvalue weighted by molar-refractivity contribution is -0.384. The zero-order valence-corrected chi connectivity index (χ0v) is 11.8. The first kappa shape index (κ1) is 14.6. The van der Waals surface area contributed by atoms with Crippen LogP contribution in [-0.4, -0.2) is 30.3 Å². The molecule has 1 fully saturated rings. The van der Waals surface area contributed by atoms with Gasteiger partial charge >= 0.3 is 0 Å². The predicted octanol–water partition coefficient (Wildman–Crippen LogP) is 2.97. The monoisotopic (exact) mass is 280 g/mol. The zero-order chi connectivity index (χ0) is 14.5.